The van der Waals surface area contributed by atoms with E-state index in [2.05, 4.69) is 5.10 Å². The Morgan fingerprint density at radius 2 is 2.00 bits per heavy atom. The van der Waals surface area contributed by atoms with E-state index in [1.165, 1.54) is 16.3 Å². The Balaban J connectivity index is 2.50. The fraction of sp³-hybridized carbons (Fsp3) is 0.250. The molecule has 0 unspecified atom stereocenters. The minimum absolute atomic E-state index is 0.00861. The van der Waals surface area contributed by atoms with Crippen LogP contribution in [0.2, 0.25) is 0 Å². The molecule has 18 heavy (non-hydrogen) atoms. The second-order valence-corrected chi connectivity index (χ2v) is 3.63. The van der Waals surface area contributed by atoms with Gasteiger partial charge in [0.1, 0.15) is 0 Å². The molecule has 6 heteroatoms. The van der Waals surface area contributed by atoms with E-state index in [1.54, 1.807) is 31.2 Å². The first-order chi connectivity index (χ1) is 8.65. The van der Waals surface area contributed by atoms with E-state index >= 15 is 0 Å². The number of nitrogens with zero attached hydrogens (tertiary/aromatic N) is 3. The monoisotopic (exact) mass is 247 g/mol. The van der Waals surface area contributed by atoms with Gasteiger partial charge < -0.3 is 4.74 Å². The number of hydrogen-bond acceptors (Lipinski definition) is 4. The van der Waals surface area contributed by atoms with Gasteiger partial charge in [0.2, 0.25) is 5.82 Å². The molecule has 0 saturated heterocycles. The molecule has 2 rings (SSSR count). The summed E-state index contributed by atoms with van der Waals surface area (Å²) in [7, 11) is 1.49. The summed E-state index contributed by atoms with van der Waals surface area (Å²) in [6.45, 7) is 1.94. The van der Waals surface area contributed by atoms with Crippen molar-refractivity contribution in [3.8, 4) is 5.69 Å². The molecule has 0 bridgehead atoms. The van der Waals surface area contributed by atoms with Gasteiger partial charge in [0.05, 0.1) is 12.3 Å². The minimum Gasteiger partial charge on any atom is -0.460 e. The summed E-state index contributed by atoms with van der Waals surface area (Å²) in [4.78, 5) is 23.6. The number of para-hydroxylation sites is 1. The van der Waals surface area contributed by atoms with Crippen LogP contribution in [-0.4, -0.2) is 26.9 Å². The van der Waals surface area contributed by atoms with Crippen molar-refractivity contribution in [1.29, 1.82) is 0 Å². The number of hydrogen-bond donors (Lipinski definition) is 0. The van der Waals surface area contributed by atoms with Gasteiger partial charge in [-0.1, -0.05) is 18.2 Å². The average Bonchev–Trinajstić information content (AvgIpc) is 2.68. The van der Waals surface area contributed by atoms with Gasteiger partial charge in [-0.05, 0) is 19.1 Å². The van der Waals surface area contributed by atoms with Crippen LogP contribution in [0.1, 0.15) is 17.5 Å². The number of esters is 1. The molecule has 0 aliphatic rings. The number of carbonyl (C=O) groups excluding carboxylic acids is 1. The summed E-state index contributed by atoms with van der Waals surface area (Å²) in [5.41, 5.74) is 0.220. The summed E-state index contributed by atoms with van der Waals surface area (Å²) in [5, 5.41) is 3.99. The normalized spacial score (nSPS) is 10.3. The van der Waals surface area contributed by atoms with Crippen molar-refractivity contribution in [3.05, 3.63) is 46.6 Å². The molecule has 0 spiro atoms. The van der Waals surface area contributed by atoms with Crippen molar-refractivity contribution in [3.63, 3.8) is 0 Å². The molecule has 1 heterocycles. The second kappa shape index (κ2) is 4.87. The number of aromatic nitrogens is 3. The van der Waals surface area contributed by atoms with Crippen LogP contribution in [0, 0.1) is 0 Å². The first-order valence-electron chi connectivity index (χ1n) is 5.53. The van der Waals surface area contributed by atoms with Gasteiger partial charge in [-0.2, -0.15) is 4.68 Å². The Kier molecular flexibility index (Phi) is 3.27. The maximum Gasteiger partial charge on any atom is 0.376 e. The molecule has 0 amide bonds. The van der Waals surface area contributed by atoms with E-state index in [0.717, 1.165) is 0 Å². The third kappa shape index (κ3) is 2.04. The Morgan fingerprint density at radius 1 is 1.33 bits per heavy atom. The molecule has 6 nitrogen and oxygen atoms in total. The molecule has 1 aromatic carbocycles. The number of carbonyl (C=O) groups is 1. The Hall–Kier alpha value is -2.37. The summed E-state index contributed by atoms with van der Waals surface area (Å²) < 4.78 is 7.18. The number of ether oxygens (including phenoxy) is 1. The molecule has 1 aromatic heterocycles. The van der Waals surface area contributed by atoms with Crippen molar-refractivity contribution in [2.24, 2.45) is 7.05 Å². The lowest BCUT2D eigenvalue weighted by Crippen LogP contribution is -2.22. The summed E-state index contributed by atoms with van der Waals surface area (Å²) in [6, 6.07) is 8.90. The van der Waals surface area contributed by atoms with Gasteiger partial charge >= 0.3 is 11.7 Å². The Morgan fingerprint density at radius 3 is 2.61 bits per heavy atom. The van der Waals surface area contributed by atoms with Gasteiger partial charge in [0, 0.05) is 7.05 Å². The van der Waals surface area contributed by atoms with Crippen LogP contribution in [0.4, 0.5) is 0 Å². The first-order valence-corrected chi connectivity index (χ1v) is 5.53. The van der Waals surface area contributed by atoms with E-state index in [9.17, 15) is 9.59 Å². The predicted molar refractivity (Wildman–Crippen MR) is 64.8 cm³/mol. The molecule has 0 aliphatic heterocycles. The molecule has 0 atom stereocenters. The van der Waals surface area contributed by atoms with E-state index in [4.69, 9.17) is 4.74 Å². The number of rotatable bonds is 3. The third-order valence-electron chi connectivity index (χ3n) is 2.44. The van der Waals surface area contributed by atoms with Crippen LogP contribution in [0.3, 0.4) is 0 Å². The molecule has 0 fully saturated rings. The summed E-state index contributed by atoms with van der Waals surface area (Å²) in [6.07, 6.45) is 0. The van der Waals surface area contributed by atoms with Gasteiger partial charge in [-0.25, -0.2) is 9.59 Å². The molecular formula is C12H13N3O3. The van der Waals surface area contributed by atoms with Crippen molar-refractivity contribution in [2.75, 3.05) is 6.61 Å². The van der Waals surface area contributed by atoms with Crippen molar-refractivity contribution >= 4 is 5.97 Å². The first kappa shape index (κ1) is 12.1. The van der Waals surface area contributed by atoms with E-state index in [1.807, 2.05) is 6.07 Å². The Labute approximate surface area is 103 Å². The molecular weight excluding hydrogens is 234 g/mol. The highest BCUT2D eigenvalue weighted by Crippen LogP contribution is 2.03. The zero-order chi connectivity index (χ0) is 13.1. The highest BCUT2D eigenvalue weighted by atomic mass is 16.5. The molecule has 0 saturated carbocycles. The minimum atomic E-state index is -0.605. The van der Waals surface area contributed by atoms with Crippen LogP contribution >= 0.6 is 0 Å². The quantitative estimate of drug-likeness (QED) is 0.750. The zero-order valence-electron chi connectivity index (χ0n) is 10.2. The van der Waals surface area contributed by atoms with E-state index in [0.29, 0.717) is 5.69 Å². The largest absolute Gasteiger partial charge is 0.460 e. The van der Waals surface area contributed by atoms with Gasteiger partial charge in [0.15, 0.2) is 0 Å². The second-order valence-electron chi connectivity index (χ2n) is 3.63. The van der Waals surface area contributed by atoms with Crippen LogP contribution in [-0.2, 0) is 11.8 Å². The van der Waals surface area contributed by atoms with E-state index < -0.39 is 5.97 Å². The lowest BCUT2D eigenvalue weighted by molar-refractivity contribution is 0.0506. The lowest BCUT2D eigenvalue weighted by atomic mass is 10.3. The van der Waals surface area contributed by atoms with Crippen molar-refractivity contribution < 1.29 is 9.53 Å². The number of benzene rings is 1. The van der Waals surface area contributed by atoms with Crippen molar-refractivity contribution in [1.82, 2.24) is 14.3 Å². The van der Waals surface area contributed by atoms with Gasteiger partial charge in [-0.3, -0.25) is 4.57 Å². The third-order valence-corrected chi connectivity index (χ3v) is 2.44. The van der Waals surface area contributed by atoms with Gasteiger partial charge in [-0.15, -0.1) is 5.10 Å². The van der Waals surface area contributed by atoms with Crippen molar-refractivity contribution in [2.45, 2.75) is 6.92 Å². The fourth-order valence-corrected chi connectivity index (χ4v) is 1.55. The SMILES string of the molecule is CCOC(=O)c1nn(-c2ccccc2)c(=O)n1C. The van der Waals surface area contributed by atoms with Crippen LogP contribution < -0.4 is 5.69 Å². The lowest BCUT2D eigenvalue weighted by Gasteiger charge is -1.98. The summed E-state index contributed by atoms with van der Waals surface area (Å²) in [5.74, 6) is -0.613. The smallest absolute Gasteiger partial charge is 0.376 e. The standard InChI is InChI=1S/C12H13N3O3/c1-3-18-11(16)10-13-15(12(17)14(10)2)9-7-5-4-6-8-9/h4-8H,3H2,1-2H3. The molecule has 0 aliphatic carbocycles. The van der Waals surface area contributed by atoms with E-state index in [-0.39, 0.29) is 18.1 Å². The summed E-state index contributed by atoms with van der Waals surface area (Å²) >= 11 is 0. The van der Waals surface area contributed by atoms with Crippen LogP contribution in [0.5, 0.6) is 0 Å². The highest BCUT2D eigenvalue weighted by molar-refractivity contribution is 5.85. The maximum absolute atomic E-state index is 12.0. The highest BCUT2D eigenvalue weighted by Gasteiger charge is 2.18. The molecule has 0 radical (unpaired) electrons. The van der Waals surface area contributed by atoms with Gasteiger partial charge in [0.25, 0.3) is 0 Å². The maximum atomic E-state index is 12.0. The average molecular weight is 247 g/mol. The van der Waals surface area contributed by atoms with Crippen LogP contribution in [0.25, 0.3) is 5.69 Å². The fourth-order valence-electron chi connectivity index (χ4n) is 1.55. The molecule has 0 N–H and O–H groups in total. The zero-order valence-corrected chi connectivity index (χ0v) is 10.2. The predicted octanol–water partition coefficient (Wildman–Crippen LogP) is 0.748. The topological polar surface area (TPSA) is 66.1 Å². The molecule has 94 valence electrons. The molecule has 2 aromatic rings. The van der Waals surface area contributed by atoms with Crippen LogP contribution in [0.15, 0.2) is 35.1 Å². The Bertz CT molecular complexity index is 613.